The van der Waals surface area contributed by atoms with E-state index in [1.807, 2.05) is 19.9 Å². The third-order valence-corrected chi connectivity index (χ3v) is 5.53. The Labute approximate surface area is 148 Å². The highest BCUT2D eigenvalue weighted by molar-refractivity contribution is 7.89. The van der Waals surface area contributed by atoms with Gasteiger partial charge in [0.1, 0.15) is 11.6 Å². The van der Waals surface area contributed by atoms with Crippen LogP contribution >= 0.6 is 0 Å². The van der Waals surface area contributed by atoms with E-state index >= 15 is 0 Å². The Morgan fingerprint density at radius 3 is 2.64 bits per heavy atom. The Morgan fingerprint density at radius 1 is 1.20 bits per heavy atom. The molecule has 0 radical (unpaired) electrons. The molecule has 0 spiro atoms. The van der Waals surface area contributed by atoms with Crippen LogP contribution in [0.5, 0.6) is 0 Å². The van der Waals surface area contributed by atoms with E-state index in [9.17, 15) is 8.42 Å². The lowest BCUT2D eigenvalue weighted by Crippen LogP contribution is -2.31. The first kappa shape index (κ1) is 17.8. The summed E-state index contributed by atoms with van der Waals surface area (Å²) in [5.41, 5.74) is 0. The summed E-state index contributed by atoms with van der Waals surface area (Å²) >= 11 is 0. The molecule has 1 fully saturated rings. The molecular weight excluding hydrogens is 340 g/mol. The maximum atomic E-state index is 12.4. The van der Waals surface area contributed by atoms with E-state index in [1.54, 1.807) is 10.8 Å². The van der Waals surface area contributed by atoms with Crippen LogP contribution in [-0.2, 0) is 16.6 Å². The Bertz CT molecular complexity index is 812. The van der Waals surface area contributed by atoms with Gasteiger partial charge in [-0.05, 0) is 39.2 Å². The zero-order chi connectivity index (χ0) is 17.9. The monoisotopic (exact) mass is 364 g/mol. The number of imidazole rings is 1. The van der Waals surface area contributed by atoms with Crippen molar-refractivity contribution in [3.8, 4) is 0 Å². The molecule has 0 aliphatic carbocycles. The van der Waals surface area contributed by atoms with E-state index < -0.39 is 10.0 Å². The molecule has 9 heteroatoms. The van der Waals surface area contributed by atoms with Crippen LogP contribution in [0.15, 0.2) is 29.8 Å². The average Bonchev–Trinajstić information content (AvgIpc) is 3.13. The average molecular weight is 364 g/mol. The van der Waals surface area contributed by atoms with E-state index in [0.717, 1.165) is 31.7 Å². The Balaban J connectivity index is 1.67. The Morgan fingerprint density at radius 2 is 1.96 bits per heavy atom. The van der Waals surface area contributed by atoms with Crippen LogP contribution in [0, 0.1) is 0 Å². The molecule has 2 aromatic rings. The van der Waals surface area contributed by atoms with Gasteiger partial charge in [-0.2, -0.15) is 0 Å². The summed E-state index contributed by atoms with van der Waals surface area (Å²) in [6.45, 7) is 5.93. The number of anilines is 1. The lowest BCUT2D eigenvalue weighted by molar-refractivity contribution is 0.568. The molecule has 1 aliphatic rings. The van der Waals surface area contributed by atoms with Crippen LogP contribution < -0.4 is 9.62 Å². The summed E-state index contributed by atoms with van der Waals surface area (Å²) in [6.07, 6.45) is 8.28. The van der Waals surface area contributed by atoms with Crippen molar-refractivity contribution >= 4 is 15.8 Å². The van der Waals surface area contributed by atoms with Crippen LogP contribution in [0.1, 0.15) is 45.0 Å². The van der Waals surface area contributed by atoms with Crippen molar-refractivity contribution in [3.63, 3.8) is 0 Å². The summed E-state index contributed by atoms with van der Waals surface area (Å²) < 4.78 is 29.0. The number of piperidine rings is 1. The van der Waals surface area contributed by atoms with Crippen LogP contribution in [0.3, 0.4) is 0 Å². The number of nitrogens with one attached hydrogen (secondary N) is 1. The first-order valence-corrected chi connectivity index (χ1v) is 10.0. The second kappa shape index (κ2) is 7.49. The normalized spacial score (nSPS) is 15.7. The van der Waals surface area contributed by atoms with Crippen LogP contribution in [0.4, 0.5) is 5.82 Å². The molecule has 0 saturated carbocycles. The largest absolute Gasteiger partial charge is 0.357 e. The number of sulfonamides is 1. The summed E-state index contributed by atoms with van der Waals surface area (Å²) in [5, 5.41) is 0.00776. The number of rotatable bonds is 6. The first-order valence-electron chi connectivity index (χ1n) is 8.56. The minimum atomic E-state index is -3.68. The SMILES string of the molecule is CC(C)n1cnc(S(=O)(=O)NCc2nccc(N3CCCCC3)n2)c1. The molecule has 2 aromatic heterocycles. The van der Waals surface area contributed by atoms with Crippen molar-refractivity contribution in [1.82, 2.24) is 24.2 Å². The van der Waals surface area contributed by atoms with Crippen LogP contribution in [0.2, 0.25) is 0 Å². The summed E-state index contributed by atoms with van der Waals surface area (Å²) in [7, 11) is -3.68. The highest BCUT2D eigenvalue weighted by atomic mass is 32.2. The van der Waals surface area contributed by atoms with Crippen molar-refractivity contribution in [3.05, 3.63) is 30.6 Å². The van der Waals surface area contributed by atoms with E-state index in [-0.39, 0.29) is 17.6 Å². The molecule has 8 nitrogen and oxygen atoms in total. The molecule has 0 atom stereocenters. The minimum Gasteiger partial charge on any atom is -0.357 e. The number of aromatic nitrogens is 4. The van der Waals surface area contributed by atoms with Gasteiger partial charge in [-0.15, -0.1) is 0 Å². The quantitative estimate of drug-likeness (QED) is 0.839. The van der Waals surface area contributed by atoms with Crippen molar-refractivity contribution < 1.29 is 8.42 Å². The fourth-order valence-electron chi connectivity index (χ4n) is 2.75. The van der Waals surface area contributed by atoms with E-state index in [0.29, 0.717) is 5.82 Å². The van der Waals surface area contributed by atoms with Gasteiger partial charge in [0.15, 0.2) is 5.03 Å². The molecule has 3 rings (SSSR count). The van der Waals surface area contributed by atoms with Crippen molar-refractivity contribution in [2.24, 2.45) is 0 Å². The second-order valence-electron chi connectivity index (χ2n) is 6.46. The highest BCUT2D eigenvalue weighted by Crippen LogP contribution is 2.17. The predicted molar refractivity (Wildman–Crippen MR) is 94.7 cm³/mol. The minimum absolute atomic E-state index is 0.00776. The molecule has 0 aromatic carbocycles. The van der Waals surface area contributed by atoms with Crippen molar-refractivity contribution in [2.45, 2.75) is 50.7 Å². The third kappa shape index (κ3) is 4.35. The molecule has 1 aliphatic heterocycles. The van der Waals surface area contributed by atoms with Crippen LogP contribution in [0.25, 0.3) is 0 Å². The molecule has 136 valence electrons. The topological polar surface area (TPSA) is 93.0 Å². The number of nitrogens with zero attached hydrogens (tertiary/aromatic N) is 5. The van der Waals surface area contributed by atoms with E-state index in [4.69, 9.17) is 0 Å². The molecule has 1 N–H and O–H groups in total. The van der Waals surface area contributed by atoms with Gasteiger partial charge in [-0.1, -0.05) is 0 Å². The molecule has 0 amide bonds. The third-order valence-electron chi connectivity index (χ3n) is 4.24. The Kier molecular flexibility index (Phi) is 5.33. The number of hydrogen-bond acceptors (Lipinski definition) is 6. The van der Waals surface area contributed by atoms with Gasteiger partial charge in [0.25, 0.3) is 10.0 Å². The number of hydrogen-bond donors (Lipinski definition) is 1. The molecular formula is C16H24N6O2S. The lowest BCUT2D eigenvalue weighted by Gasteiger charge is -2.27. The standard InChI is InChI=1S/C16H24N6O2S/c1-13(2)22-11-16(18-12-22)25(23,24)19-10-14-17-7-6-15(20-14)21-8-4-3-5-9-21/h6-7,11-13,19H,3-5,8-10H2,1-2H3. The highest BCUT2D eigenvalue weighted by Gasteiger charge is 2.19. The Hall–Kier alpha value is -2.00. The lowest BCUT2D eigenvalue weighted by atomic mass is 10.1. The maximum absolute atomic E-state index is 12.4. The van der Waals surface area contributed by atoms with Gasteiger partial charge in [-0.3, -0.25) is 0 Å². The van der Waals surface area contributed by atoms with Gasteiger partial charge in [0.2, 0.25) is 0 Å². The zero-order valence-corrected chi connectivity index (χ0v) is 15.4. The summed E-state index contributed by atoms with van der Waals surface area (Å²) in [6, 6.07) is 2.02. The predicted octanol–water partition coefficient (Wildman–Crippen LogP) is 1.72. The van der Waals surface area contributed by atoms with Gasteiger partial charge >= 0.3 is 0 Å². The summed E-state index contributed by atoms with van der Waals surface area (Å²) in [4.78, 5) is 14.9. The first-order chi connectivity index (χ1) is 12.0. The smallest absolute Gasteiger partial charge is 0.259 e. The van der Waals surface area contributed by atoms with E-state index in [1.165, 1.54) is 18.9 Å². The second-order valence-corrected chi connectivity index (χ2v) is 8.17. The van der Waals surface area contributed by atoms with Gasteiger partial charge < -0.3 is 9.47 Å². The molecule has 25 heavy (non-hydrogen) atoms. The van der Waals surface area contributed by atoms with Gasteiger partial charge in [-0.25, -0.2) is 28.1 Å². The van der Waals surface area contributed by atoms with Crippen molar-refractivity contribution in [1.29, 1.82) is 0 Å². The molecule has 0 unspecified atom stereocenters. The fourth-order valence-corrected chi connectivity index (χ4v) is 3.66. The molecule has 0 bridgehead atoms. The summed E-state index contributed by atoms with van der Waals surface area (Å²) in [5.74, 6) is 1.31. The van der Waals surface area contributed by atoms with Crippen molar-refractivity contribution in [2.75, 3.05) is 18.0 Å². The van der Waals surface area contributed by atoms with Gasteiger partial charge in [0.05, 0.1) is 12.9 Å². The van der Waals surface area contributed by atoms with Crippen LogP contribution in [-0.4, -0.2) is 41.0 Å². The zero-order valence-electron chi connectivity index (χ0n) is 14.6. The maximum Gasteiger partial charge on any atom is 0.259 e. The molecule has 3 heterocycles. The molecule has 1 saturated heterocycles. The van der Waals surface area contributed by atoms with Gasteiger partial charge in [0, 0.05) is 31.5 Å². The fraction of sp³-hybridized carbons (Fsp3) is 0.562. The van der Waals surface area contributed by atoms with E-state index in [2.05, 4.69) is 24.6 Å².